The number of esters is 1. The molecule has 36 heavy (non-hydrogen) atoms. The van der Waals surface area contributed by atoms with Crippen molar-refractivity contribution in [2.45, 2.75) is 32.7 Å². The summed E-state index contributed by atoms with van der Waals surface area (Å²) in [4.78, 5) is 36.4. The first kappa shape index (κ1) is 24.8. The Labute approximate surface area is 213 Å². The molecule has 1 amide bonds. The minimum Gasteiger partial charge on any atom is -0.424 e. The lowest BCUT2D eigenvalue weighted by molar-refractivity contribution is -0.134. The highest BCUT2D eigenvalue weighted by atomic mass is 35.5. The van der Waals surface area contributed by atoms with Crippen molar-refractivity contribution in [1.82, 2.24) is 9.97 Å². The second-order valence-electron chi connectivity index (χ2n) is 7.92. The second-order valence-corrected chi connectivity index (χ2v) is 8.29. The van der Waals surface area contributed by atoms with Crippen LogP contribution < -0.4 is 9.64 Å². The Kier molecular flexibility index (Phi) is 7.57. The van der Waals surface area contributed by atoms with Gasteiger partial charge >= 0.3 is 5.97 Å². The molecule has 0 saturated heterocycles. The average Bonchev–Trinajstić information content (AvgIpc) is 2.92. The van der Waals surface area contributed by atoms with Crippen LogP contribution in [0.15, 0.2) is 73.1 Å². The predicted octanol–water partition coefficient (Wildman–Crippen LogP) is 6.00. The number of nitriles is 1. The van der Waals surface area contributed by atoms with Crippen LogP contribution in [0.1, 0.15) is 49.4 Å². The van der Waals surface area contributed by atoms with Gasteiger partial charge in [-0.2, -0.15) is 5.26 Å². The molecule has 0 aliphatic heterocycles. The number of anilines is 1. The summed E-state index contributed by atoms with van der Waals surface area (Å²) in [5.41, 5.74) is 1.72. The Balaban J connectivity index is 2.10. The fraction of sp³-hybridized carbons (Fsp3) is 0.179. The zero-order chi connectivity index (χ0) is 25.7. The molecule has 0 spiro atoms. The fourth-order valence-corrected chi connectivity index (χ4v) is 4.28. The van der Waals surface area contributed by atoms with E-state index in [2.05, 4.69) is 16.0 Å². The van der Waals surface area contributed by atoms with Crippen LogP contribution in [-0.4, -0.2) is 21.8 Å². The Hall–Kier alpha value is -4.28. The summed E-state index contributed by atoms with van der Waals surface area (Å²) in [6.07, 6.45) is 3.53. The number of pyridine rings is 2. The number of nitrogens with zero attached hydrogens (tertiary/aromatic N) is 4. The van der Waals surface area contributed by atoms with Crippen molar-refractivity contribution < 1.29 is 14.3 Å². The standard InChI is InChI=1S/C28H23ClN4O3/c1-3-23(34)33(22-12-5-6-15-31-22)27(20-11-7-9-19(17-30)25(20)29)21-14-13-18-10-8-16-32-26(18)28(21)36-24(35)4-2/h5-16,27H,3-4H2,1-2H3. The van der Waals surface area contributed by atoms with Crippen LogP contribution in [0, 0.1) is 11.3 Å². The van der Waals surface area contributed by atoms with Crippen molar-refractivity contribution in [1.29, 1.82) is 5.26 Å². The van der Waals surface area contributed by atoms with Crippen molar-refractivity contribution in [3.05, 3.63) is 94.8 Å². The van der Waals surface area contributed by atoms with Crippen LogP contribution in [-0.2, 0) is 9.59 Å². The topological polar surface area (TPSA) is 96.2 Å². The van der Waals surface area contributed by atoms with E-state index in [-0.39, 0.29) is 35.1 Å². The SMILES string of the molecule is CCC(=O)Oc1c(C(c2cccc(C#N)c2Cl)N(C(=O)CC)c2ccccn2)ccc2cccnc12. The molecule has 180 valence electrons. The van der Waals surface area contributed by atoms with E-state index in [1.54, 1.807) is 74.8 Å². The van der Waals surface area contributed by atoms with E-state index in [4.69, 9.17) is 16.3 Å². The third-order valence-corrected chi connectivity index (χ3v) is 6.15. The third-order valence-electron chi connectivity index (χ3n) is 5.73. The summed E-state index contributed by atoms with van der Waals surface area (Å²) in [5, 5.41) is 10.6. The van der Waals surface area contributed by atoms with Gasteiger partial charge < -0.3 is 4.74 Å². The number of fused-ring (bicyclic) bond motifs is 1. The Morgan fingerprint density at radius 3 is 2.47 bits per heavy atom. The Morgan fingerprint density at radius 2 is 1.78 bits per heavy atom. The number of carbonyl (C=O) groups is 2. The largest absolute Gasteiger partial charge is 0.424 e. The summed E-state index contributed by atoms with van der Waals surface area (Å²) in [6, 6.07) is 18.9. The van der Waals surface area contributed by atoms with Crippen molar-refractivity contribution in [3.63, 3.8) is 0 Å². The molecule has 0 aliphatic carbocycles. The van der Waals surface area contributed by atoms with Gasteiger partial charge in [-0.3, -0.25) is 19.5 Å². The number of amides is 1. The summed E-state index contributed by atoms with van der Waals surface area (Å²) in [5.74, 6) is -0.0582. The average molecular weight is 499 g/mol. The number of hydrogen-bond acceptors (Lipinski definition) is 6. The van der Waals surface area contributed by atoms with E-state index in [1.165, 1.54) is 4.90 Å². The Morgan fingerprint density at radius 1 is 0.972 bits per heavy atom. The smallest absolute Gasteiger partial charge is 0.310 e. The molecule has 7 nitrogen and oxygen atoms in total. The zero-order valence-corrected chi connectivity index (χ0v) is 20.6. The molecule has 8 heteroatoms. The highest BCUT2D eigenvalue weighted by Gasteiger charge is 2.34. The predicted molar refractivity (Wildman–Crippen MR) is 138 cm³/mol. The molecule has 0 fully saturated rings. The number of halogens is 1. The molecule has 4 aromatic rings. The van der Waals surface area contributed by atoms with Gasteiger partial charge in [0.1, 0.15) is 17.4 Å². The van der Waals surface area contributed by atoms with Crippen LogP contribution in [0.25, 0.3) is 10.9 Å². The number of ether oxygens (including phenoxy) is 1. The molecule has 0 N–H and O–H groups in total. The molecular formula is C28H23ClN4O3. The molecule has 0 bridgehead atoms. The first-order chi connectivity index (χ1) is 17.5. The lowest BCUT2D eigenvalue weighted by atomic mass is 9.93. The van der Waals surface area contributed by atoms with Gasteiger partial charge in [0.2, 0.25) is 5.91 Å². The van der Waals surface area contributed by atoms with E-state index in [0.29, 0.717) is 22.5 Å². The highest BCUT2D eigenvalue weighted by molar-refractivity contribution is 6.32. The van der Waals surface area contributed by atoms with Crippen molar-refractivity contribution in [2.75, 3.05) is 4.90 Å². The summed E-state index contributed by atoms with van der Waals surface area (Å²) in [7, 11) is 0. The minimum atomic E-state index is -0.862. The molecule has 1 unspecified atom stereocenters. The van der Waals surface area contributed by atoms with Crippen LogP contribution in [0.2, 0.25) is 5.02 Å². The van der Waals surface area contributed by atoms with Gasteiger partial charge in [-0.05, 0) is 29.8 Å². The van der Waals surface area contributed by atoms with Crippen molar-refractivity contribution >= 4 is 40.2 Å². The van der Waals surface area contributed by atoms with Gasteiger partial charge in [-0.15, -0.1) is 0 Å². The van der Waals surface area contributed by atoms with Gasteiger partial charge in [0, 0.05) is 36.2 Å². The minimum absolute atomic E-state index is 0.149. The number of hydrogen-bond donors (Lipinski definition) is 0. The summed E-state index contributed by atoms with van der Waals surface area (Å²) >= 11 is 6.73. The van der Waals surface area contributed by atoms with Crippen LogP contribution >= 0.6 is 11.6 Å². The van der Waals surface area contributed by atoms with Crippen LogP contribution in [0.5, 0.6) is 5.75 Å². The fourth-order valence-electron chi connectivity index (χ4n) is 4.01. The summed E-state index contributed by atoms with van der Waals surface area (Å²) in [6.45, 7) is 3.45. The van der Waals surface area contributed by atoms with E-state index >= 15 is 0 Å². The molecule has 1 atom stereocenters. The van der Waals surface area contributed by atoms with Gasteiger partial charge in [0.05, 0.1) is 16.6 Å². The molecule has 2 heterocycles. The molecule has 0 radical (unpaired) electrons. The number of aromatic nitrogens is 2. The first-order valence-corrected chi connectivity index (χ1v) is 11.9. The lowest BCUT2D eigenvalue weighted by Crippen LogP contribution is -2.36. The van der Waals surface area contributed by atoms with E-state index < -0.39 is 12.0 Å². The third kappa shape index (κ3) is 4.77. The maximum Gasteiger partial charge on any atom is 0.310 e. The molecular weight excluding hydrogens is 476 g/mol. The van der Waals surface area contributed by atoms with E-state index in [1.807, 2.05) is 12.1 Å². The maximum atomic E-state index is 13.5. The molecule has 2 aromatic carbocycles. The van der Waals surface area contributed by atoms with Gasteiger partial charge in [0.15, 0.2) is 5.75 Å². The summed E-state index contributed by atoms with van der Waals surface area (Å²) < 4.78 is 5.84. The van der Waals surface area contributed by atoms with E-state index in [0.717, 1.165) is 5.39 Å². The van der Waals surface area contributed by atoms with Crippen molar-refractivity contribution in [2.24, 2.45) is 0 Å². The molecule has 0 aliphatic rings. The van der Waals surface area contributed by atoms with E-state index in [9.17, 15) is 14.9 Å². The molecule has 0 saturated carbocycles. The number of rotatable bonds is 7. The monoisotopic (exact) mass is 498 g/mol. The number of benzene rings is 2. The van der Waals surface area contributed by atoms with Crippen LogP contribution in [0.4, 0.5) is 5.82 Å². The quantitative estimate of drug-likeness (QED) is 0.229. The van der Waals surface area contributed by atoms with Crippen molar-refractivity contribution in [3.8, 4) is 11.8 Å². The normalized spacial score (nSPS) is 11.5. The maximum absolute atomic E-state index is 13.5. The van der Waals surface area contributed by atoms with Gasteiger partial charge in [0.25, 0.3) is 0 Å². The highest BCUT2D eigenvalue weighted by Crippen LogP contribution is 2.43. The first-order valence-electron chi connectivity index (χ1n) is 11.5. The lowest BCUT2D eigenvalue weighted by Gasteiger charge is -2.33. The Bertz CT molecular complexity index is 1470. The van der Waals surface area contributed by atoms with Crippen LogP contribution in [0.3, 0.4) is 0 Å². The zero-order valence-electron chi connectivity index (χ0n) is 19.8. The molecule has 2 aromatic heterocycles. The van der Waals surface area contributed by atoms with Gasteiger partial charge in [-0.25, -0.2) is 4.98 Å². The molecule has 4 rings (SSSR count). The van der Waals surface area contributed by atoms with Gasteiger partial charge in [-0.1, -0.05) is 61.8 Å². The number of carbonyl (C=O) groups excluding carboxylic acids is 2. The second kappa shape index (κ2) is 11.0.